The molecule has 2 aliphatic rings. The van der Waals surface area contributed by atoms with E-state index in [1.165, 1.54) is 0 Å². The maximum Gasteiger partial charge on any atom is 0.410 e. The molecular weight excluding hydrogens is 230 g/mol. The van der Waals surface area contributed by atoms with Crippen molar-refractivity contribution in [2.75, 3.05) is 13.1 Å². The Hall–Kier alpha value is -1.32. The van der Waals surface area contributed by atoms with Crippen LogP contribution in [0, 0.1) is 5.92 Å². The molecule has 4 nitrogen and oxygen atoms in total. The van der Waals surface area contributed by atoms with E-state index in [-0.39, 0.29) is 11.9 Å². The number of carbonyl (C=O) groups excluding carboxylic acids is 2. The molecule has 0 spiro atoms. The van der Waals surface area contributed by atoms with Gasteiger partial charge in [0.2, 0.25) is 0 Å². The monoisotopic (exact) mass is 251 g/mol. The number of amides is 1. The average Bonchev–Trinajstić information content (AvgIpc) is 2.43. The van der Waals surface area contributed by atoms with Gasteiger partial charge in [0.05, 0.1) is 0 Å². The molecule has 0 bridgehead atoms. The van der Waals surface area contributed by atoms with Crippen molar-refractivity contribution in [1.82, 2.24) is 4.90 Å². The van der Waals surface area contributed by atoms with Gasteiger partial charge < -0.3 is 9.64 Å². The van der Waals surface area contributed by atoms with Crippen LogP contribution in [0.15, 0.2) is 11.6 Å². The second kappa shape index (κ2) is 4.75. The molecular formula is C14H21NO3. The van der Waals surface area contributed by atoms with Crippen LogP contribution in [0.2, 0.25) is 0 Å². The van der Waals surface area contributed by atoms with E-state index in [1.54, 1.807) is 11.0 Å². The first kappa shape index (κ1) is 13.1. The summed E-state index contributed by atoms with van der Waals surface area (Å²) >= 11 is 0. The second-order valence-electron chi connectivity index (χ2n) is 6.13. The van der Waals surface area contributed by atoms with Crippen molar-refractivity contribution in [3.63, 3.8) is 0 Å². The van der Waals surface area contributed by atoms with Crippen LogP contribution >= 0.6 is 0 Å². The molecule has 4 heteroatoms. The van der Waals surface area contributed by atoms with Crippen LogP contribution in [0.25, 0.3) is 0 Å². The fourth-order valence-electron chi connectivity index (χ4n) is 2.53. The Balaban J connectivity index is 2.04. The fraction of sp³-hybridized carbons (Fsp3) is 0.714. The van der Waals surface area contributed by atoms with Crippen molar-refractivity contribution in [1.29, 1.82) is 0 Å². The van der Waals surface area contributed by atoms with Gasteiger partial charge in [0.1, 0.15) is 5.60 Å². The predicted molar refractivity (Wildman–Crippen MR) is 68.2 cm³/mol. The largest absolute Gasteiger partial charge is 0.444 e. The Kier molecular flexibility index (Phi) is 3.46. The summed E-state index contributed by atoms with van der Waals surface area (Å²) in [6, 6.07) is 0. The van der Waals surface area contributed by atoms with E-state index in [0.717, 1.165) is 25.0 Å². The van der Waals surface area contributed by atoms with E-state index in [0.29, 0.717) is 18.9 Å². The molecule has 1 saturated heterocycles. The molecule has 1 atom stereocenters. The summed E-state index contributed by atoms with van der Waals surface area (Å²) in [6.45, 7) is 6.86. The summed E-state index contributed by atoms with van der Waals surface area (Å²) in [4.78, 5) is 25.2. The molecule has 1 aliphatic carbocycles. The fourth-order valence-corrected chi connectivity index (χ4v) is 2.53. The van der Waals surface area contributed by atoms with Crippen LogP contribution in [0.1, 0.15) is 40.0 Å². The lowest BCUT2D eigenvalue weighted by atomic mass is 9.97. The van der Waals surface area contributed by atoms with Crippen molar-refractivity contribution in [3.05, 3.63) is 11.6 Å². The van der Waals surface area contributed by atoms with E-state index in [4.69, 9.17) is 4.74 Å². The van der Waals surface area contributed by atoms with Gasteiger partial charge in [0.25, 0.3) is 0 Å². The van der Waals surface area contributed by atoms with Gasteiger partial charge in [-0.2, -0.15) is 0 Å². The van der Waals surface area contributed by atoms with Crippen LogP contribution in [0.5, 0.6) is 0 Å². The first-order valence-electron chi connectivity index (χ1n) is 6.56. The summed E-state index contributed by atoms with van der Waals surface area (Å²) < 4.78 is 5.38. The van der Waals surface area contributed by atoms with Crippen LogP contribution in [0.4, 0.5) is 4.79 Å². The smallest absolute Gasteiger partial charge is 0.410 e. The maximum absolute atomic E-state index is 12.0. The van der Waals surface area contributed by atoms with Crippen LogP contribution in [-0.4, -0.2) is 35.5 Å². The Labute approximate surface area is 108 Å². The molecule has 1 unspecified atom stereocenters. The standard InChI is InChI=1S/C14H21NO3/c1-14(2,3)18-13(17)15-6-4-5-10-7-12(16)8-11(10)9-15/h8,10H,4-7,9H2,1-3H3. The Morgan fingerprint density at radius 1 is 1.44 bits per heavy atom. The zero-order valence-corrected chi connectivity index (χ0v) is 11.4. The predicted octanol–water partition coefficient (Wildman–Crippen LogP) is 2.53. The number of carbonyl (C=O) groups is 2. The highest BCUT2D eigenvalue weighted by atomic mass is 16.6. The van der Waals surface area contributed by atoms with Crippen molar-refractivity contribution in [3.8, 4) is 0 Å². The molecule has 100 valence electrons. The molecule has 0 aromatic rings. The molecule has 18 heavy (non-hydrogen) atoms. The lowest BCUT2D eigenvalue weighted by molar-refractivity contribution is -0.114. The third-order valence-corrected chi connectivity index (χ3v) is 3.32. The summed E-state index contributed by atoms with van der Waals surface area (Å²) in [5, 5.41) is 0. The highest BCUT2D eigenvalue weighted by Crippen LogP contribution is 2.31. The molecule has 2 rings (SSSR count). The van der Waals surface area contributed by atoms with Gasteiger partial charge in [0.15, 0.2) is 5.78 Å². The van der Waals surface area contributed by atoms with Gasteiger partial charge in [-0.05, 0) is 51.2 Å². The molecule has 1 heterocycles. The topological polar surface area (TPSA) is 46.6 Å². The van der Waals surface area contributed by atoms with Crippen molar-refractivity contribution in [2.24, 2.45) is 5.92 Å². The van der Waals surface area contributed by atoms with Gasteiger partial charge in [-0.3, -0.25) is 4.79 Å². The van der Waals surface area contributed by atoms with E-state index in [1.807, 2.05) is 20.8 Å². The highest BCUT2D eigenvalue weighted by molar-refractivity contribution is 5.93. The molecule has 1 fully saturated rings. The van der Waals surface area contributed by atoms with Crippen molar-refractivity contribution < 1.29 is 14.3 Å². The number of hydrogen-bond donors (Lipinski definition) is 0. The molecule has 1 aliphatic heterocycles. The third-order valence-electron chi connectivity index (χ3n) is 3.32. The first-order valence-corrected chi connectivity index (χ1v) is 6.56. The SMILES string of the molecule is CC(C)(C)OC(=O)N1CCCC2CC(=O)C=C2C1. The van der Waals surface area contributed by atoms with E-state index in [2.05, 4.69) is 0 Å². The van der Waals surface area contributed by atoms with Crippen LogP contribution in [-0.2, 0) is 9.53 Å². The number of rotatable bonds is 0. The van der Waals surface area contributed by atoms with Gasteiger partial charge in [-0.1, -0.05) is 0 Å². The number of ketones is 1. The molecule has 1 amide bonds. The van der Waals surface area contributed by atoms with E-state index in [9.17, 15) is 9.59 Å². The van der Waals surface area contributed by atoms with Gasteiger partial charge in [-0.15, -0.1) is 0 Å². The van der Waals surface area contributed by atoms with Gasteiger partial charge in [0, 0.05) is 19.5 Å². The average molecular weight is 251 g/mol. The minimum atomic E-state index is -0.470. The molecule has 0 aromatic heterocycles. The molecule has 0 aromatic carbocycles. The summed E-state index contributed by atoms with van der Waals surface area (Å²) in [5.74, 6) is 0.547. The number of ether oxygens (including phenoxy) is 1. The van der Waals surface area contributed by atoms with Crippen LogP contribution < -0.4 is 0 Å². The minimum Gasteiger partial charge on any atom is -0.444 e. The quantitative estimate of drug-likeness (QED) is 0.664. The molecule has 0 radical (unpaired) electrons. The highest BCUT2D eigenvalue weighted by Gasteiger charge is 2.31. The Morgan fingerprint density at radius 3 is 2.83 bits per heavy atom. The first-order chi connectivity index (χ1) is 8.35. The molecule has 0 saturated carbocycles. The number of allylic oxidation sites excluding steroid dienone is 1. The molecule has 0 N–H and O–H groups in total. The zero-order chi connectivity index (χ0) is 13.3. The number of fused-ring (bicyclic) bond motifs is 1. The zero-order valence-electron chi connectivity index (χ0n) is 11.4. The number of nitrogens with zero attached hydrogens (tertiary/aromatic N) is 1. The lowest BCUT2D eigenvalue weighted by Gasteiger charge is -2.26. The summed E-state index contributed by atoms with van der Waals surface area (Å²) in [5.41, 5.74) is 0.631. The normalized spacial score (nSPS) is 24.4. The van der Waals surface area contributed by atoms with Crippen molar-refractivity contribution >= 4 is 11.9 Å². The van der Waals surface area contributed by atoms with E-state index < -0.39 is 5.60 Å². The number of likely N-dealkylation sites (tertiary alicyclic amines) is 1. The van der Waals surface area contributed by atoms with E-state index >= 15 is 0 Å². The Bertz CT molecular complexity index is 392. The Morgan fingerprint density at radius 2 is 2.17 bits per heavy atom. The summed E-state index contributed by atoms with van der Waals surface area (Å²) in [6.07, 6.45) is 4.00. The maximum atomic E-state index is 12.0. The van der Waals surface area contributed by atoms with Crippen molar-refractivity contribution in [2.45, 2.75) is 45.6 Å². The number of hydrogen-bond acceptors (Lipinski definition) is 3. The van der Waals surface area contributed by atoms with Crippen LogP contribution in [0.3, 0.4) is 0 Å². The third kappa shape index (κ3) is 3.12. The van der Waals surface area contributed by atoms with Gasteiger partial charge >= 0.3 is 6.09 Å². The second-order valence-corrected chi connectivity index (χ2v) is 6.13. The minimum absolute atomic E-state index is 0.195. The van der Waals surface area contributed by atoms with Gasteiger partial charge in [-0.25, -0.2) is 4.79 Å². The lowest BCUT2D eigenvalue weighted by Crippen LogP contribution is -2.37. The summed E-state index contributed by atoms with van der Waals surface area (Å²) in [7, 11) is 0.